The number of rotatable bonds is 6. The number of carbonyl (C=O) groups excluding carboxylic acids is 1. The van der Waals surface area contributed by atoms with Gasteiger partial charge in [-0.3, -0.25) is 9.36 Å². The summed E-state index contributed by atoms with van der Waals surface area (Å²) in [6, 6.07) is 7.23. The summed E-state index contributed by atoms with van der Waals surface area (Å²) in [4.78, 5) is 25.6. The van der Waals surface area contributed by atoms with E-state index < -0.39 is 5.97 Å². The Morgan fingerprint density at radius 1 is 1.25 bits per heavy atom. The van der Waals surface area contributed by atoms with Crippen molar-refractivity contribution in [3.05, 3.63) is 39.4 Å². The van der Waals surface area contributed by atoms with E-state index in [0.29, 0.717) is 29.5 Å². The lowest BCUT2D eigenvalue weighted by atomic mass is 10.2. The highest BCUT2D eigenvalue weighted by molar-refractivity contribution is 7.71. The molecule has 20 heavy (non-hydrogen) atoms. The molecule has 0 amide bonds. The van der Waals surface area contributed by atoms with Gasteiger partial charge in [0.15, 0.2) is 4.77 Å². The number of nitrogens with one attached hydrogen (secondary N) is 1. The van der Waals surface area contributed by atoms with Crippen LogP contribution in [0.2, 0.25) is 0 Å². The van der Waals surface area contributed by atoms with E-state index in [0.717, 1.165) is 11.9 Å². The van der Waals surface area contributed by atoms with Crippen molar-refractivity contribution < 1.29 is 9.90 Å². The van der Waals surface area contributed by atoms with Crippen LogP contribution in [0.15, 0.2) is 29.1 Å². The smallest absolute Gasteiger partial charge is 0.262 e. The van der Waals surface area contributed by atoms with Gasteiger partial charge in [-0.2, -0.15) is 0 Å². The second-order valence-corrected chi connectivity index (χ2v) is 5.00. The van der Waals surface area contributed by atoms with Gasteiger partial charge in [0.1, 0.15) is 0 Å². The van der Waals surface area contributed by atoms with Crippen LogP contribution in [0.25, 0.3) is 10.9 Å². The number of carbonyl (C=O) groups is 1. The van der Waals surface area contributed by atoms with Gasteiger partial charge in [0.2, 0.25) is 0 Å². The standard InChI is InChI=1S/C14H16N2O3S/c17-12(18)8-2-1-5-9-16-13(19)10-6-3-4-7-11(10)15-14(16)20/h3-4,6-7H,1-2,5,8-9H2,(H,15,20)(H,17,18)/p-1. The Labute approximate surface area is 120 Å². The summed E-state index contributed by atoms with van der Waals surface area (Å²) >= 11 is 5.19. The van der Waals surface area contributed by atoms with Crippen molar-refractivity contribution in [2.75, 3.05) is 0 Å². The number of hydrogen-bond donors (Lipinski definition) is 1. The van der Waals surface area contributed by atoms with Crippen LogP contribution >= 0.6 is 12.2 Å². The van der Waals surface area contributed by atoms with Crippen LogP contribution in [0.3, 0.4) is 0 Å². The van der Waals surface area contributed by atoms with Gasteiger partial charge >= 0.3 is 0 Å². The molecule has 0 unspecified atom stereocenters. The highest BCUT2D eigenvalue weighted by Crippen LogP contribution is 2.07. The fraction of sp³-hybridized carbons (Fsp3) is 0.357. The zero-order valence-electron chi connectivity index (χ0n) is 10.9. The molecule has 0 saturated carbocycles. The Kier molecular flexibility index (Phi) is 4.68. The molecule has 0 radical (unpaired) electrons. The molecule has 1 aromatic carbocycles. The maximum Gasteiger partial charge on any atom is 0.262 e. The van der Waals surface area contributed by atoms with E-state index in [1.165, 1.54) is 4.57 Å². The highest BCUT2D eigenvalue weighted by Gasteiger charge is 2.04. The molecule has 0 aliphatic rings. The van der Waals surface area contributed by atoms with Gasteiger partial charge in [0.05, 0.1) is 10.9 Å². The zero-order valence-corrected chi connectivity index (χ0v) is 11.7. The van der Waals surface area contributed by atoms with Crippen molar-refractivity contribution in [1.29, 1.82) is 0 Å². The largest absolute Gasteiger partial charge is 0.550 e. The second kappa shape index (κ2) is 6.47. The molecule has 0 aliphatic carbocycles. The summed E-state index contributed by atoms with van der Waals surface area (Å²) < 4.78 is 1.92. The fourth-order valence-electron chi connectivity index (χ4n) is 2.12. The Morgan fingerprint density at radius 2 is 2.00 bits per heavy atom. The van der Waals surface area contributed by atoms with Crippen LogP contribution in [-0.2, 0) is 11.3 Å². The number of para-hydroxylation sites is 1. The quantitative estimate of drug-likeness (QED) is 0.644. The predicted octanol–water partition coefficient (Wildman–Crippen LogP) is 1.37. The number of aromatic nitrogens is 2. The number of fused-ring (bicyclic) bond motifs is 1. The zero-order chi connectivity index (χ0) is 14.5. The van der Waals surface area contributed by atoms with Crippen LogP contribution in [-0.4, -0.2) is 15.5 Å². The van der Waals surface area contributed by atoms with Gasteiger partial charge in [0.25, 0.3) is 5.56 Å². The summed E-state index contributed by atoms with van der Waals surface area (Å²) in [5, 5.41) is 10.9. The normalized spacial score (nSPS) is 10.8. The monoisotopic (exact) mass is 291 g/mol. The lowest BCUT2D eigenvalue weighted by Gasteiger charge is -2.08. The number of carboxylic acids is 1. The lowest BCUT2D eigenvalue weighted by molar-refractivity contribution is -0.305. The van der Waals surface area contributed by atoms with Crippen molar-refractivity contribution in [2.24, 2.45) is 0 Å². The van der Waals surface area contributed by atoms with Crippen LogP contribution in [0, 0.1) is 4.77 Å². The van der Waals surface area contributed by atoms with E-state index in [-0.39, 0.29) is 12.0 Å². The molecule has 1 heterocycles. The van der Waals surface area contributed by atoms with Crippen LogP contribution < -0.4 is 10.7 Å². The molecule has 0 fully saturated rings. The number of hydrogen-bond acceptors (Lipinski definition) is 4. The summed E-state index contributed by atoms with van der Waals surface area (Å²) in [6.07, 6.45) is 2.05. The summed E-state index contributed by atoms with van der Waals surface area (Å²) in [6.45, 7) is 0.492. The van der Waals surface area contributed by atoms with E-state index in [4.69, 9.17) is 12.2 Å². The topological polar surface area (TPSA) is 77.9 Å². The van der Waals surface area contributed by atoms with E-state index in [1.807, 2.05) is 18.2 Å². The number of benzene rings is 1. The third-order valence-corrected chi connectivity index (χ3v) is 3.47. The van der Waals surface area contributed by atoms with Gasteiger partial charge in [-0.1, -0.05) is 18.6 Å². The molecule has 2 aromatic rings. The Morgan fingerprint density at radius 3 is 2.75 bits per heavy atom. The second-order valence-electron chi connectivity index (χ2n) is 4.62. The number of H-pyrrole nitrogens is 1. The molecular weight excluding hydrogens is 276 g/mol. The molecule has 106 valence electrons. The third kappa shape index (κ3) is 3.33. The minimum Gasteiger partial charge on any atom is -0.550 e. The number of unbranched alkanes of at least 4 members (excludes halogenated alkanes) is 2. The molecular formula is C14H15N2O3S-. The summed E-state index contributed by atoms with van der Waals surface area (Å²) in [5.74, 6) is -1.04. The maximum absolute atomic E-state index is 12.3. The lowest BCUT2D eigenvalue weighted by Crippen LogP contribution is -2.23. The first kappa shape index (κ1) is 14.5. The number of aromatic amines is 1. The third-order valence-electron chi connectivity index (χ3n) is 3.15. The average Bonchev–Trinajstić information content (AvgIpc) is 2.41. The number of carboxylic acid groups (broad SMARTS) is 1. The van der Waals surface area contributed by atoms with Crippen molar-refractivity contribution >= 4 is 29.1 Å². The van der Waals surface area contributed by atoms with Gasteiger partial charge in [0, 0.05) is 12.5 Å². The minimum atomic E-state index is -1.04. The predicted molar refractivity (Wildman–Crippen MR) is 76.9 cm³/mol. The summed E-state index contributed by atoms with van der Waals surface area (Å²) in [7, 11) is 0. The van der Waals surface area contributed by atoms with Crippen molar-refractivity contribution in [2.45, 2.75) is 32.2 Å². The van der Waals surface area contributed by atoms with Crippen molar-refractivity contribution in [3.63, 3.8) is 0 Å². The van der Waals surface area contributed by atoms with Gasteiger partial charge in [-0.05, 0) is 43.6 Å². The molecule has 6 heteroatoms. The number of aliphatic carboxylic acids is 1. The fourth-order valence-corrected chi connectivity index (χ4v) is 2.40. The molecule has 2 rings (SSSR count). The van der Waals surface area contributed by atoms with Crippen molar-refractivity contribution in [1.82, 2.24) is 9.55 Å². The van der Waals surface area contributed by atoms with Gasteiger partial charge in [-0.25, -0.2) is 0 Å². The molecule has 5 nitrogen and oxygen atoms in total. The van der Waals surface area contributed by atoms with Crippen molar-refractivity contribution in [3.8, 4) is 0 Å². The maximum atomic E-state index is 12.3. The van der Waals surface area contributed by atoms with Gasteiger partial charge < -0.3 is 14.9 Å². The van der Waals surface area contributed by atoms with Crippen LogP contribution in [0.5, 0.6) is 0 Å². The van der Waals surface area contributed by atoms with E-state index >= 15 is 0 Å². The Hall–Kier alpha value is -1.95. The first-order valence-electron chi connectivity index (χ1n) is 6.51. The SMILES string of the molecule is O=C([O-])CCCCCn1c(=S)[nH]c2ccccc2c1=O. The Balaban J connectivity index is 2.12. The average molecular weight is 291 g/mol. The Bertz CT molecular complexity index is 733. The molecule has 0 saturated heterocycles. The molecule has 0 bridgehead atoms. The molecule has 0 aliphatic heterocycles. The van der Waals surface area contributed by atoms with Crippen LogP contribution in [0.4, 0.5) is 0 Å². The molecule has 0 atom stereocenters. The highest BCUT2D eigenvalue weighted by atomic mass is 32.1. The molecule has 1 aromatic heterocycles. The first-order valence-corrected chi connectivity index (χ1v) is 6.92. The van der Waals surface area contributed by atoms with E-state index in [2.05, 4.69) is 4.98 Å². The molecule has 0 spiro atoms. The number of nitrogens with zero attached hydrogens (tertiary/aromatic N) is 1. The van der Waals surface area contributed by atoms with E-state index in [9.17, 15) is 14.7 Å². The van der Waals surface area contributed by atoms with Gasteiger partial charge in [-0.15, -0.1) is 0 Å². The van der Waals surface area contributed by atoms with Crippen LogP contribution in [0.1, 0.15) is 25.7 Å². The minimum absolute atomic E-state index is 0.0550. The molecule has 1 N–H and O–H groups in total. The first-order chi connectivity index (χ1) is 9.59. The van der Waals surface area contributed by atoms with E-state index in [1.54, 1.807) is 6.07 Å². The summed E-state index contributed by atoms with van der Waals surface area (Å²) in [5.41, 5.74) is 0.625.